The van der Waals surface area contributed by atoms with Gasteiger partial charge in [0.25, 0.3) is 5.91 Å². The van der Waals surface area contributed by atoms with Gasteiger partial charge in [0.05, 0.1) is 17.2 Å². The van der Waals surface area contributed by atoms with Crippen molar-refractivity contribution in [1.29, 1.82) is 0 Å². The number of rotatable bonds is 13. The fourth-order valence-electron chi connectivity index (χ4n) is 8.92. The Morgan fingerprint density at radius 3 is 2.53 bits per heavy atom. The molecule has 306 valence electrons. The van der Waals surface area contributed by atoms with Crippen molar-refractivity contribution in [3.63, 3.8) is 0 Å². The number of nitrogens with zero attached hydrogens (tertiary/aromatic N) is 5. The van der Waals surface area contributed by atoms with Crippen LogP contribution in [0.4, 0.5) is 19.0 Å². The molecule has 3 amide bonds. The van der Waals surface area contributed by atoms with Gasteiger partial charge >= 0.3 is 0 Å². The van der Waals surface area contributed by atoms with Crippen molar-refractivity contribution in [2.24, 2.45) is 0 Å². The molecular weight excluding hydrogens is 771 g/mol. The molecule has 11 nitrogen and oxygen atoms in total. The number of piperidine rings is 2. The van der Waals surface area contributed by atoms with Gasteiger partial charge in [-0.2, -0.15) is 0 Å². The zero-order chi connectivity index (χ0) is 40.3. The average molecular weight is 818 g/mol. The number of ether oxygens (including phenoxy) is 1. The number of piperazine rings is 1. The number of anilines is 1. The van der Waals surface area contributed by atoms with Crippen LogP contribution in [-0.4, -0.2) is 96.0 Å². The Morgan fingerprint density at radius 2 is 1.71 bits per heavy atom. The Hall–Kier alpha value is -4.79. The molecule has 0 saturated carbocycles. The number of fused-ring (bicyclic) bond motifs is 2. The first-order chi connectivity index (χ1) is 28.2. The van der Waals surface area contributed by atoms with Gasteiger partial charge in [-0.3, -0.25) is 19.7 Å². The second kappa shape index (κ2) is 17.6. The summed E-state index contributed by atoms with van der Waals surface area (Å²) in [5.41, 5.74) is 1.58. The van der Waals surface area contributed by atoms with Crippen LogP contribution in [0.15, 0.2) is 42.7 Å². The minimum absolute atomic E-state index is 0.00435. The van der Waals surface area contributed by atoms with E-state index < -0.39 is 29.4 Å². The zero-order valence-corrected chi connectivity index (χ0v) is 33.1. The van der Waals surface area contributed by atoms with Crippen molar-refractivity contribution in [3.05, 3.63) is 81.9 Å². The normalized spacial score (nSPS) is 20.2. The van der Waals surface area contributed by atoms with Gasteiger partial charge in [-0.25, -0.2) is 23.1 Å². The molecule has 2 N–H and O–H groups in total. The monoisotopic (exact) mass is 817 g/mol. The highest BCUT2D eigenvalue weighted by Gasteiger charge is 2.40. The van der Waals surface area contributed by atoms with E-state index in [1.54, 1.807) is 12.1 Å². The largest absolute Gasteiger partial charge is 0.493 e. The van der Waals surface area contributed by atoms with Gasteiger partial charge in [0.15, 0.2) is 5.82 Å². The number of aromatic nitrogens is 2. The minimum atomic E-state index is -0.734. The summed E-state index contributed by atoms with van der Waals surface area (Å²) in [5.74, 6) is -2.13. The molecule has 0 aliphatic carbocycles. The summed E-state index contributed by atoms with van der Waals surface area (Å²) >= 11 is 6.69. The van der Waals surface area contributed by atoms with Gasteiger partial charge in [0, 0.05) is 62.2 Å². The van der Waals surface area contributed by atoms with Crippen LogP contribution in [0, 0.1) is 17.5 Å². The molecule has 2 unspecified atom stereocenters. The average Bonchev–Trinajstić information content (AvgIpc) is 3.53. The lowest BCUT2D eigenvalue weighted by atomic mass is 9.88. The number of nitrogens with one attached hydrogen (secondary N) is 2. The number of hydrogen-bond donors (Lipinski definition) is 2. The highest BCUT2D eigenvalue weighted by molar-refractivity contribution is 6.34. The summed E-state index contributed by atoms with van der Waals surface area (Å²) in [5, 5.41) is 6.13. The summed E-state index contributed by atoms with van der Waals surface area (Å²) < 4.78 is 53.2. The van der Waals surface area contributed by atoms with Crippen LogP contribution < -0.4 is 20.3 Å². The predicted octanol–water partition coefficient (Wildman–Crippen LogP) is 6.75. The van der Waals surface area contributed by atoms with Crippen LogP contribution >= 0.6 is 11.6 Å². The van der Waals surface area contributed by atoms with Crippen molar-refractivity contribution in [1.82, 2.24) is 30.4 Å². The van der Waals surface area contributed by atoms with Crippen LogP contribution in [0.25, 0.3) is 22.0 Å². The smallest absolute Gasteiger partial charge is 0.255 e. The second-order valence-corrected chi connectivity index (χ2v) is 16.1. The molecule has 3 saturated heterocycles. The van der Waals surface area contributed by atoms with Crippen LogP contribution in [0.2, 0.25) is 5.02 Å². The molecule has 2 atom stereocenters. The van der Waals surface area contributed by atoms with E-state index in [9.17, 15) is 14.4 Å². The molecule has 0 spiro atoms. The van der Waals surface area contributed by atoms with E-state index in [4.69, 9.17) is 16.3 Å². The van der Waals surface area contributed by atoms with E-state index in [-0.39, 0.29) is 64.5 Å². The third-order valence-corrected chi connectivity index (χ3v) is 12.2. The van der Waals surface area contributed by atoms with Crippen molar-refractivity contribution >= 4 is 46.0 Å². The Labute approximate surface area is 340 Å². The van der Waals surface area contributed by atoms with Crippen LogP contribution in [0.5, 0.6) is 5.75 Å². The molecule has 1 aromatic heterocycles. The van der Waals surface area contributed by atoms with Crippen molar-refractivity contribution in [2.45, 2.75) is 76.3 Å². The van der Waals surface area contributed by atoms with E-state index in [2.05, 4.69) is 30.4 Å². The molecule has 4 aliphatic rings. The zero-order valence-electron chi connectivity index (χ0n) is 32.3. The number of carbonyl (C=O) groups is 3. The standard InChI is InChI=1S/C43H47ClF3N7O4/c44-31-21-30-40(49-25-50-41(30)53-17-13-48-14-18-53)39(47)37(31)38-32(45)9-6-10-35(38)58-19-5-3-1-2-4-15-52-16-7-8-26(23-52)28-20-27-24-54(43(57)29(27)22-33(28)46)34-11-12-36(55)51-42(34)56/h6,9-10,20-22,25-26,34,48H,1-5,7-8,11-19,23-24H2,(H,51,55,56). The van der Waals surface area contributed by atoms with Gasteiger partial charge in [-0.15, -0.1) is 0 Å². The summed E-state index contributed by atoms with van der Waals surface area (Å²) in [6.45, 7) is 6.10. The minimum Gasteiger partial charge on any atom is -0.493 e. The van der Waals surface area contributed by atoms with E-state index in [0.29, 0.717) is 42.0 Å². The number of benzene rings is 3. The Balaban J connectivity index is 0.814. The summed E-state index contributed by atoms with van der Waals surface area (Å²) in [7, 11) is 0. The fourth-order valence-corrected chi connectivity index (χ4v) is 9.21. The van der Waals surface area contributed by atoms with E-state index in [0.717, 1.165) is 83.2 Å². The van der Waals surface area contributed by atoms with Gasteiger partial charge in [0.2, 0.25) is 11.8 Å². The van der Waals surface area contributed by atoms with E-state index in [1.165, 1.54) is 29.4 Å². The lowest BCUT2D eigenvalue weighted by Gasteiger charge is -2.33. The Kier molecular flexibility index (Phi) is 12.1. The quantitative estimate of drug-likeness (QED) is 0.112. The summed E-state index contributed by atoms with van der Waals surface area (Å²) in [6, 6.07) is 8.44. The summed E-state index contributed by atoms with van der Waals surface area (Å²) in [6.07, 6.45) is 8.17. The highest BCUT2D eigenvalue weighted by atomic mass is 35.5. The molecule has 15 heteroatoms. The first-order valence-electron chi connectivity index (χ1n) is 20.4. The van der Waals surface area contributed by atoms with Gasteiger partial charge in [0.1, 0.15) is 41.1 Å². The lowest BCUT2D eigenvalue weighted by Crippen LogP contribution is -2.52. The third kappa shape index (κ3) is 8.23. The van der Waals surface area contributed by atoms with Crippen LogP contribution in [0.1, 0.15) is 85.2 Å². The third-order valence-electron chi connectivity index (χ3n) is 11.9. The number of carbonyl (C=O) groups excluding carboxylic acids is 3. The van der Waals surface area contributed by atoms with Crippen molar-refractivity contribution in [3.8, 4) is 16.9 Å². The molecule has 5 heterocycles. The van der Waals surface area contributed by atoms with Gasteiger partial charge in [-0.05, 0) is 92.6 Å². The number of amides is 3. The molecule has 8 rings (SSSR count). The Morgan fingerprint density at radius 1 is 0.897 bits per heavy atom. The molecular formula is C43H47ClF3N7O4. The number of likely N-dealkylation sites (tertiary alicyclic amines) is 1. The number of imide groups is 1. The molecule has 0 radical (unpaired) electrons. The van der Waals surface area contributed by atoms with Crippen molar-refractivity contribution < 1.29 is 32.3 Å². The first-order valence-corrected chi connectivity index (χ1v) is 20.7. The maximum Gasteiger partial charge on any atom is 0.255 e. The maximum absolute atomic E-state index is 16.2. The second-order valence-electron chi connectivity index (χ2n) is 15.7. The SMILES string of the molecule is O=C1CCC(N2Cc3cc(C4CCCN(CCCCCCCOc5cccc(F)c5-c5c(Cl)cc6c(N7CCNCC7)ncnc6c5F)C4)c(F)cc3C2=O)C(=O)N1. The van der Waals surface area contributed by atoms with Crippen molar-refractivity contribution in [2.75, 3.05) is 57.3 Å². The van der Waals surface area contributed by atoms with Gasteiger partial charge in [-0.1, -0.05) is 36.9 Å². The Bertz CT molecular complexity index is 2220. The lowest BCUT2D eigenvalue weighted by molar-refractivity contribution is -0.136. The molecule has 3 fully saturated rings. The maximum atomic E-state index is 16.2. The summed E-state index contributed by atoms with van der Waals surface area (Å²) in [4.78, 5) is 51.7. The molecule has 58 heavy (non-hydrogen) atoms. The number of hydrogen-bond acceptors (Lipinski definition) is 9. The van der Waals surface area contributed by atoms with Gasteiger partial charge < -0.3 is 24.8 Å². The molecule has 0 bridgehead atoms. The number of unbranched alkanes of at least 4 members (excludes halogenated alkanes) is 4. The first kappa shape index (κ1) is 40.0. The van der Waals surface area contributed by atoms with Crippen LogP contribution in [0.3, 0.4) is 0 Å². The molecule has 3 aromatic carbocycles. The number of halogens is 4. The highest BCUT2D eigenvalue weighted by Crippen LogP contribution is 2.43. The van der Waals surface area contributed by atoms with E-state index in [1.807, 2.05) is 6.07 Å². The fraction of sp³-hybridized carbons (Fsp3) is 0.465. The topological polar surface area (TPSA) is 120 Å². The predicted molar refractivity (Wildman–Crippen MR) is 214 cm³/mol. The van der Waals surface area contributed by atoms with Crippen LogP contribution in [-0.2, 0) is 16.1 Å². The van der Waals surface area contributed by atoms with E-state index >= 15 is 13.2 Å². The molecule has 4 aliphatic heterocycles. The molecule has 4 aromatic rings.